The van der Waals surface area contributed by atoms with Crippen LogP contribution in [0.25, 0.3) is 0 Å². The van der Waals surface area contributed by atoms with Crippen molar-refractivity contribution in [1.82, 2.24) is 4.90 Å². The van der Waals surface area contributed by atoms with E-state index >= 15 is 0 Å². The zero-order valence-electron chi connectivity index (χ0n) is 12.2. The number of para-hydroxylation sites is 1. The van der Waals surface area contributed by atoms with Gasteiger partial charge in [-0.3, -0.25) is 9.69 Å². The van der Waals surface area contributed by atoms with Crippen LogP contribution >= 0.6 is 0 Å². The average molecular weight is 260 g/mol. The van der Waals surface area contributed by atoms with Crippen molar-refractivity contribution in [2.75, 3.05) is 18.9 Å². The third kappa shape index (κ3) is 3.16. The van der Waals surface area contributed by atoms with Gasteiger partial charge in [-0.1, -0.05) is 31.5 Å². The molecule has 0 aliphatic carbocycles. The Labute approximate surface area is 116 Å². The number of hydrogen-bond acceptors (Lipinski definition) is 2. The predicted octanol–water partition coefficient (Wildman–Crippen LogP) is 2.98. The number of nitrogens with one attached hydrogen (secondary N) is 1. The third-order valence-corrected chi connectivity index (χ3v) is 4.06. The normalized spacial score (nSPS) is 20.3. The van der Waals surface area contributed by atoms with E-state index < -0.39 is 0 Å². The Kier molecular flexibility index (Phi) is 4.59. The molecule has 0 aromatic heterocycles. The summed E-state index contributed by atoms with van der Waals surface area (Å²) in [6.45, 7) is 5.20. The van der Waals surface area contributed by atoms with Gasteiger partial charge in [0.2, 0.25) is 5.91 Å². The van der Waals surface area contributed by atoms with Crippen LogP contribution in [0.5, 0.6) is 0 Å². The quantitative estimate of drug-likeness (QED) is 0.906. The molecule has 1 saturated heterocycles. The summed E-state index contributed by atoms with van der Waals surface area (Å²) in [4.78, 5) is 14.6. The maximum Gasteiger partial charge on any atom is 0.241 e. The molecule has 1 aromatic rings. The van der Waals surface area contributed by atoms with Crippen LogP contribution in [0.1, 0.15) is 37.3 Å². The molecule has 3 nitrogen and oxygen atoms in total. The molecule has 0 spiro atoms. The molecule has 1 amide bonds. The van der Waals surface area contributed by atoms with Gasteiger partial charge in [0.15, 0.2) is 0 Å². The van der Waals surface area contributed by atoms with Crippen molar-refractivity contribution < 1.29 is 4.79 Å². The zero-order chi connectivity index (χ0) is 13.8. The molecule has 0 radical (unpaired) electrons. The van der Waals surface area contributed by atoms with Gasteiger partial charge in [0.1, 0.15) is 0 Å². The molecule has 1 aromatic carbocycles. The van der Waals surface area contributed by atoms with Gasteiger partial charge < -0.3 is 5.32 Å². The Hall–Kier alpha value is -1.35. The number of likely N-dealkylation sites (N-methyl/N-ethyl adjacent to an activating group) is 1. The van der Waals surface area contributed by atoms with Crippen molar-refractivity contribution in [1.29, 1.82) is 0 Å². The smallest absolute Gasteiger partial charge is 0.241 e. The Morgan fingerprint density at radius 2 is 2.21 bits per heavy atom. The second-order valence-corrected chi connectivity index (χ2v) is 5.44. The van der Waals surface area contributed by atoms with Gasteiger partial charge in [-0.2, -0.15) is 0 Å². The summed E-state index contributed by atoms with van der Waals surface area (Å²) in [5, 5.41) is 3.15. The van der Waals surface area contributed by atoms with E-state index in [1.165, 1.54) is 12.0 Å². The topological polar surface area (TPSA) is 32.3 Å². The monoisotopic (exact) mass is 260 g/mol. The number of hydrogen-bond donors (Lipinski definition) is 1. The van der Waals surface area contributed by atoms with E-state index in [1.807, 2.05) is 7.05 Å². The molecule has 2 rings (SSSR count). The fraction of sp³-hybridized carbons (Fsp3) is 0.562. The summed E-state index contributed by atoms with van der Waals surface area (Å²) in [5.41, 5.74) is 3.37. The number of piperidine rings is 1. The first-order chi connectivity index (χ1) is 9.13. The lowest BCUT2D eigenvalue weighted by Crippen LogP contribution is -2.44. The van der Waals surface area contributed by atoms with Crippen LogP contribution in [-0.2, 0) is 11.2 Å². The highest BCUT2D eigenvalue weighted by Gasteiger charge is 2.26. The first-order valence-corrected chi connectivity index (χ1v) is 7.23. The molecule has 1 heterocycles. The molecule has 104 valence electrons. The average Bonchev–Trinajstić information content (AvgIpc) is 2.41. The second-order valence-electron chi connectivity index (χ2n) is 5.44. The van der Waals surface area contributed by atoms with Crippen LogP contribution in [-0.4, -0.2) is 30.4 Å². The maximum absolute atomic E-state index is 12.4. The highest BCUT2D eigenvalue weighted by molar-refractivity contribution is 5.96. The fourth-order valence-electron chi connectivity index (χ4n) is 2.81. The minimum Gasteiger partial charge on any atom is -0.324 e. The van der Waals surface area contributed by atoms with E-state index in [0.717, 1.165) is 37.1 Å². The second kappa shape index (κ2) is 6.20. The first kappa shape index (κ1) is 14.1. The molecule has 0 bridgehead atoms. The van der Waals surface area contributed by atoms with Crippen LogP contribution in [0, 0.1) is 6.92 Å². The van der Waals surface area contributed by atoms with Gasteiger partial charge in [-0.15, -0.1) is 0 Å². The van der Waals surface area contributed by atoms with Crippen molar-refractivity contribution in [3.05, 3.63) is 29.3 Å². The largest absolute Gasteiger partial charge is 0.324 e. The van der Waals surface area contributed by atoms with E-state index in [9.17, 15) is 4.79 Å². The Balaban J connectivity index is 2.14. The van der Waals surface area contributed by atoms with Crippen molar-refractivity contribution >= 4 is 11.6 Å². The molecule has 1 fully saturated rings. The number of likely N-dealkylation sites (tertiary alicyclic amines) is 1. The Morgan fingerprint density at radius 1 is 1.42 bits per heavy atom. The summed E-state index contributed by atoms with van der Waals surface area (Å²) >= 11 is 0. The lowest BCUT2D eigenvalue weighted by atomic mass is 10.0. The minimum absolute atomic E-state index is 0.0260. The highest BCUT2D eigenvalue weighted by Crippen LogP contribution is 2.23. The van der Waals surface area contributed by atoms with Crippen molar-refractivity contribution in [3.8, 4) is 0 Å². The maximum atomic E-state index is 12.4. The number of carbonyl (C=O) groups is 1. The number of anilines is 1. The highest BCUT2D eigenvalue weighted by atomic mass is 16.2. The molecule has 1 N–H and O–H groups in total. The number of nitrogens with zero attached hydrogens (tertiary/aromatic N) is 1. The molecular weight excluding hydrogens is 236 g/mol. The number of aryl methyl sites for hydroxylation is 2. The standard InChI is InChI=1S/C16H24N2O/c1-4-13-9-7-8-12(2)15(13)17-16(19)14-10-5-6-11-18(14)3/h7-9,14H,4-6,10-11H2,1-3H3,(H,17,19). The number of benzene rings is 1. The molecule has 3 heteroatoms. The molecule has 1 aliphatic heterocycles. The number of amides is 1. The lowest BCUT2D eigenvalue weighted by molar-refractivity contribution is -0.121. The van der Waals surface area contributed by atoms with Gasteiger partial charge >= 0.3 is 0 Å². The van der Waals surface area contributed by atoms with Gasteiger partial charge in [0.25, 0.3) is 0 Å². The minimum atomic E-state index is 0.0260. The van der Waals surface area contributed by atoms with Gasteiger partial charge in [-0.05, 0) is 50.9 Å². The van der Waals surface area contributed by atoms with Gasteiger partial charge in [-0.25, -0.2) is 0 Å². The van der Waals surface area contributed by atoms with E-state index in [0.29, 0.717) is 0 Å². The Bertz CT molecular complexity index is 456. The zero-order valence-corrected chi connectivity index (χ0v) is 12.2. The van der Waals surface area contributed by atoms with Crippen LogP contribution in [0.2, 0.25) is 0 Å². The molecular formula is C16H24N2O. The van der Waals surface area contributed by atoms with Crippen molar-refractivity contribution in [2.24, 2.45) is 0 Å². The first-order valence-electron chi connectivity index (χ1n) is 7.23. The van der Waals surface area contributed by atoms with Gasteiger partial charge in [0.05, 0.1) is 6.04 Å². The van der Waals surface area contributed by atoms with Crippen molar-refractivity contribution in [2.45, 2.75) is 45.6 Å². The predicted molar refractivity (Wildman–Crippen MR) is 79.5 cm³/mol. The van der Waals surface area contributed by atoms with E-state index in [-0.39, 0.29) is 11.9 Å². The van der Waals surface area contributed by atoms with E-state index in [4.69, 9.17) is 0 Å². The van der Waals surface area contributed by atoms with Crippen LogP contribution in [0.3, 0.4) is 0 Å². The fourth-order valence-corrected chi connectivity index (χ4v) is 2.81. The molecule has 0 saturated carbocycles. The van der Waals surface area contributed by atoms with Crippen LogP contribution in [0.15, 0.2) is 18.2 Å². The summed E-state index contributed by atoms with van der Waals surface area (Å²) in [6, 6.07) is 6.22. The summed E-state index contributed by atoms with van der Waals surface area (Å²) in [7, 11) is 2.04. The summed E-state index contributed by atoms with van der Waals surface area (Å²) in [5.74, 6) is 0.145. The molecule has 19 heavy (non-hydrogen) atoms. The summed E-state index contributed by atoms with van der Waals surface area (Å²) in [6.07, 6.45) is 4.26. The van der Waals surface area contributed by atoms with E-state index in [2.05, 4.69) is 42.3 Å². The number of rotatable bonds is 3. The molecule has 1 unspecified atom stereocenters. The van der Waals surface area contributed by atoms with Crippen LogP contribution < -0.4 is 5.32 Å². The number of carbonyl (C=O) groups excluding carboxylic acids is 1. The summed E-state index contributed by atoms with van der Waals surface area (Å²) < 4.78 is 0. The third-order valence-electron chi connectivity index (χ3n) is 4.06. The van der Waals surface area contributed by atoms with Gasteiger partial charge in [0, 0.05) is 5.69 Å². The molecule has 1 atom stereocenters. The SMILES string of the molecule is CCc1cccc(C)c1NC(=O)C1CCCCN1C. The van der Waals surface area contributed by atoms with Crippen molar-refractivity contribution in [3.63, 3.8) is 0 Å². The van der Waals surface area contributed by atoms with Crippen LogP contribution in [0.4, 0.5) is 5.69 Å². The lowest BCUT2D eigenvalue weighted by Gasteiger charge is -2.31. The Morgan fingerprint density at radius 3 is 2.89 bits per heavy atom. The van der Waals surface area contributed by atoms with E-state index in [1.54, 1.807) is 0 Å². The molecule has 1 aliphatic rings.